The molecule has 0 unspecified atom stereocenters. The summed E-state index contributed by atoms with van der Waals surface area (Å²) in [6.45, 7) is -0.0653. The van der Waals surface area contributed by atoms with Crippen LogP contribution in [0, 0.1) is 0 Å². The second-order valence-electron chi connectivity index (χ2n) is 7.49. The highest BCUT2D eigenvalue weighted by Crippen LogP contribution is 2.33. The second kappa shape index (κ2) is 10.6. The summed E-state index contributed by atoms with van der Waals surface area (Å²) >= 11 is 1.08. The molecular weight excluding hydrogens is 479 g/mol. The molecule has 0 spiro atoms. The maximum absolute atomic E-state index is 12.9. The van der Waals surface area contributed by atoms with Gasteiger partial charge in [0.2, 0.25) is 0 Å². The van der Waals surface area contributed by atoms with Crippen molar-refractivity contribution in [3.63, 3.8) is 0 Å². The predicted molar refractivity (Wildman–Crippen MR) is 125 cm³/mol. The number of alkyl halides is 3. The molecular formula is C25H20F3N3O3S. The number of methoxy groups -OCH3 is 1. The molecule has 4 rings (SSSR count). The van der Waals surface area contributed by atoms with Crippen LogP contribution in [0.15, 0.2) is 72.8 Å². The Labute approximate surface area is 203 Å². The maximum Gasteiger partial charge on any atom is 0.416 e. The fourth-order valence-corrected chi connectivity index (χ4v) is 3.83. The lowest BCUT2D eigenvalue weighted by Gasteiger charge is -2.11. The van der Waals surface area contributed by atoms with Gasteiger partial charge in [0.15, 0.2) is 17.3 Å². The van der Waals surface area contributed by atoms with Gasteiger partial charge >= 0.3 is 6.18 Å². The average Bonchev–Trinajstić information content (AvgIpc) is 3.29. The van der Waals surface area contributed by atoms with Gasteiger partial charge in [-0.25, -0.2) is 0 Å². The highest BCUT2D eigenvalue weighted by molar-refractivity contribution is 7.07. The first kappa shape index (κ1) is 24.2. The number of hydrogen-bond acceptors (Lipinski definition) is 6. The van der Waals surface area contributed by atoms with Crippen LogP contribution in [0.3, 0.4) is 0 Å². The molecule has 1 aromatic heterocycles. The van der Waals surface area contributed by atoms with E-state index in [0.29, 0.717) is 23.6 Å². The monoisotopic (exact) mass is 499 g/mol. The van der Waals surface area contributed by atoms with Crippen molar-refractivity contribution in [2.45, 2.75) is 19.1 Å². The quantitative estimate of drug-likeness (QED) is 0.328. The van der Waals surface area contributed by atoms with Crippen LogP contribution in [0.5, 0.6) is 16.7 Å². The van der Waals surface area contributed by atoms with E-state index in [0.717, 1.165) is 29.2 Å². The minimum atomic E-state index is -4.45. The Hall–Kier alpha value is -3.92. The van der Waals surface area contributed by atoms with Gasteiger partial charge in [-0.15, -0.1) is 0 Å². The van der Waals surface area contributed by atoms with Gasteiger partial charge < -0.3 is 14.8 Å². The zero-order valence-corrected chi connectivity index (χ0v) is 19.3. The number of hydrogen-bond donors (Lipinski definition) is 1. The van der Waals surface area contributed by atoms with Crippen molar-refractivity contribution in [2.75, 3.05) is 7.11 Å². The zero-order chi connectivity index (χ0) is 24.8. The van der Waals surface area contributed by atoms with E-state index in [4.69, 9.17) is 9.47 Å². The first-order chi connectivity index (χ1) is 16.8. The molecule has 0 aliphatic heterocycles. The molecule has 1 heterocycles. The third-order valence-corrected chi connectivity index (χ3v) is 5.62. The third-order valence-electron chi connectivity index (χ3n) is 4.98. The van der Waals surface area contributed by atoms with Crippen LogP contribution >= 0.6 is 11.5 Å². The highest BCUT2D eigenvalue weighted by atomic mass is 32.1. The molecule has 4 aromatic rings. The van der Waals surface area contributed by atoms with Crippen molar-refractivity contribution in [3.8, 4) is 16.7 Å². The lowest BCUT2D eigenvalue weighted by molar-refractivity contribution is -0.137. The molecule has 0 aliphatic rings. The third kappa shape index (κ3) is 6.36. The van der Waals surface area contributed by atoms with Crippen molar-refractivity contribution in [2.24, 2.45) is 0 Å². The van der Waals surface area contributed by atoms with Gasteiger partial charge in [-0.05, 0) is 41.5 Å². The van der Waals surface area contributed by atoms with Crippen LogP contribution in [0.1, 0.15) is 32.9 Å². The van der Waals surface area contributed by atoms with Crippen molar-refractivity contribution in [1.29, 1.82) is 0 Å². The lowest BCUT2D eigenvalue weighted by Crippen LogP contribution is -2.23. The molecule has 0 saturated heterocycles. The highest BCUT2D eigenvalue weighted by Gasteiger charge is 2.30. The van der Waals surface area contributed by atoms with E-state index in [1.54, 1.807) is 6.07 Å². The van der Waals surface area contributed by atoms with E-state index >= 15 is 0 Å². The number of nitrogens with one attached hydrogen (secondary N) is 1. The van der Waals surface area contributed by atoms with Crippen LogP contribution in [0.25, 0.3) is 0 Å². The average molecular weight is 500 g/mol. The van der Waals surface area contributed by atoms with Gasteiger partial charge in [0, 0.05) is 30.1 Å². The normalized spacial score (nSPS) is 11.2. The first-order valence-corrected chi connectivity index (χ1v) is 11.3. The van der Waals surface area contributed by atoms with Gasteiger partial charge in [-0.3, -0.25) is 4.79 Å². The van der Waals surface area contributed by atoms with E-state index in [-0.39, 0.29) is 23.1 Å². The molecule has 0 radical (unpaired) electrons. The number of nitrogens with zero attached hydrogens (tertiary/aromatic N) is 2. The molecule has 1 N–H and O–H groups in total. The van der Waals surface area contributed by atoms with Crippen molar-refractivity contribution in [1.82, 2.24) is 14.7 Å². The maximum atomic E-state index is 12.9. The van der Waals surface area contributed by atoms with Crippen molar-refractivity contribution >= 4 is 17.4 Å². The molecule has 0 atom stereocenters. The Kier molecular flexibility index (Phi) is 7.31. The van der Waals surface area contributed by atoms with Crippen LogP contribution in [0.4, 0.5) is 13.2 Å². The molecule has 6 nitrogen and oxygen atoms in total. The number of halogens is 3. The number of carbonyl (C=O) groups excluding carboxylic acids is 1. The fourth-order valence-electron chi connectivity index (χ4n) is 3.26. The molecule has 10 heteroatoms. The van der Waals surface area contributed by atoms with Crippen molar-refractivity contribution < 1.29 is 27.4 Å². The summed E-state index contributed by atoms with van der Waals surface area (Å²) in [5.41, 5.74) is 0.877. The Morgan fingerprint density at radius 2 is 1.74 bits per heavy atom. The number of rotatable bonds is 8. The Balaban J connectivity index is 1.44. The van der Waals surface area contributed by atoms with E-state index in [1.807, 2.05) is 30.3 Å². The second-order valence-corrected chi connectivity index (χ2v) is 8.20. The summed E-state index contributed by atoms with van der Waals surface area (Å²) < 4.78 is 54.2. The van der Waals surface area contributed by atoms with E-state index in [2.05, 4.69) is 14.7 Å². The number of benzene rings is 3. The molecule has 0 bridgehead atoms. The van der Waals surface area contributed by atoms with Crippen LogP contribution in [-0.4, -0.2) is 22.4 Å². The largest absolute Gasteiger partial charge is 0.493 e. The number of aromatic nitrogens is 2. The predicted octanol–water partition coefficient (Wildman–Crippen LogP) is 5.88. The Bertz CT molecular complexity index is 1310. The summed E-state index contributed by atoms with van der Waals surface area (Å²) in [6.07, 6.45) is -3.90. The van der Waals surface area contributed by atoms with Gasteiger partial charge in [-0.2, -0.15) is 22.5 Å². The van der Waals surface area contributed by atoms with Crippen LogP contribution < -0.4 is 14.8 Å². The summed E-state index contributed by atoms with van der Waals surface area (Å²) in [6, 6.07) is 19.2. The topological polar surface area (TPSA) is 73.3 Å². The fraction of sp³-hybridized carbons (Fsp3) is 0.160. The summed E-state index contributed by atoms with van der Waals surface area (Å²) in [5, 5.41) is 2.91. The van der Waals surface area contributed by atoms with Crippen LogP contribution in [0.2, 0.25) is 0 Å². The number of carbonyl (C=O) groups is 1. The van der Waals surface area contributed by atoms with Gasteiger partial charge in [0.1, 0.15) is 0 Å². The van der Waals surface area contributed by atoms with E-state index in [1.165, 1.54) is 31.4 Å². The zero-order valence-electron chi connectivity index (χ0n) is 18.5. The Morgan fingerprint density at radius 3 is 2.49 bits per heavy atom. The van der Waals surface area contributed by atoms with Gasteiger partial charge in [-0.1, -0.05) is 42.5 Å². The molecule has 180 valence electrons. The molecule has 0 aliphatic carbocycles. The Morgan fingerprint density at radius 1 is 0.971 bits per heavy atom. The van der Waals surface area contributed by atoms with Gasteiger partial charge in [0.05, 0.1) is 12.7 Å². The van der Waals surface area contributed by atoms with Crippen molar-refractivity contribution in [3.05, 3.63) is 101 Å². The number of amides is 1. The standard InChI is InChI=1S/C25H20F3N3O3S/c1-33-20-11-10-18(23(32)29-15-17-8-5-9-19(12-17)25(26,27)28)14-21(20)34-24-30-22(31-35-24)13-16-6-3-2-4-7-16/h2-12,14H,13,15H2,1H3,(H,29,32). The van der Waals surface area contributed by atoms with E-state index < -0.39 is 17.6 Å². The summed E-state index contributed by atoms with van der Waals surface area (Å²) in [5.74, 6) is 0.781. The minimum absolute atomic E-state index is 0.0653. The first-order valence-electron chi connectivity index (χ1n) is 10.5. The van der Waals surface area contributed by atoms with Gasteiger partial charge in [0.25, 0.3) is 11.1 Å². The number of ether oxygens (including phenoxy) is 2. The molecule has 0 saturated carbocycles. The molecule has 3 aromatic carbocycles. The molecule has 1 amide bonds. The van der Waals surface area contributed by atoms with E-state index in [9.17, 15) is 18.0 Å². The van der Waals surface area contributed by atoms with Crippen LogP contribution in [-0.2, 0) is 19.1 Å². The summed E-state index contributed by atoms with van der Waals surface area (Å²) in [4.78, 5) is 17.0. The molecule has 35 heavy (non-hydrogen) atoms. The molecule has 0 fully saturated rings. The SMILES string of the molecule is COc1ccc(C(=O)NCc2cccc(C(F)(F)F)c2)cc1Oc1nc(Cc2ccccc2)ns1. The minimum Gasteiger partial charge on any atom is -0.493 e. The lowest BCUT2D eigenvalue weighted by atomic mass is 10.1. The summed E-state index contributed by atoms with van der Waals surface area (Å²) in [7, 11) is 1.47. The smallest absolute Gasteiger partial charge is 0.416 e.